The molecule has 0 unspecified atom stereocenters. The van der Waals surface area contributed by atoms with Crippen LogP contribution in [0.3, 0.4) is 0 Å². The Hall–Kier alpha value is -0.0379. The Balaban J connectivity index is 0.000000605. The summed E-state index contributed by atoms with van der Waals surface area (Å²) in [6.45, 7) is 0. The van der Waals surface area contributed by atoms with E-state index in [1.54, 1.807) is 0 Å². The molecular formula is C7H7NOPbS. The Kier molecular flexibility index (Phi) is 2.94. The number of para-hydroxylation sites is 2. The number of oxazole rings is 1. The van der Waals surface area contributed by atoms with Crippen molar-refractivity contribution in [2.75, 3.05) is 0 Å². The number of aromatic nitrogens is 1. The van der Waals surface area contributed by atoms with Crippen molar-refractivity contribution in [3.8, 4) is 0 Å². The van der Waals surface area contributed by atoms with Crippen LogP contribution in [-0.2, 0) is 0 Å². The van der Waals surface area contributed by atoms with Gasteiger partial charge in [-0.1, -0.05) is 24.8 Å². The number of rotatable bonds is 0. The SMILES string of the molecule is Sc1nc2ccccc2o1.[PbH2]. The van der Waals surface area contributed by atoms with Crippen LogP contribution in [0.1, 0.15) is 0 Å². The molecule has 0 spiro atoms. The molecule has 56 valence electrons. The molecule has 1 aromatic heterocycles. The first-order valence-electron chi connectivity index (χ1n) is 2.91. The molecule has 0 amide bonds. The zero-order chi connectivity index (χ0) is 6.97. The zero-order valence-corrected chi connectivity index (χ0v) is 12.2. The third-order valence-corrected chi connectivity index (χ3v) is 1.47. The van der Waals surface area contributed by atoms with E-state index < -0.39 is 0 Å². The summed E-state index contributed by atoms with van der Waals surface area (Å²) in [7, 11) is 0. The third kappa shape index (κ3) is 1.76. The van der Waals surface area contributed by atoms with Crippen LogP contribution in [0.2, 0.25) is 0 Å². The second kappa shape index (κ2) is 3.57. The molecule has 2 rings (SSSR count). The topological polar surface area (TPSA) is 26.0 Å². The van der Waals surface area contributed by atoms with E-state index in [4.69, 9.17) is 4.42 Å². The van der Waals surface area contributed by atoms with Crippen LogP contribution >= 0.6 is 12.6 Å². The van der Waals surface area contributed by atoms with Crippen LogP contribution in [0.25, 0.3) is 11.1 Å². The molecule has 2 nitrogen and oxygen atoms in total. The molecule has 2 aromatic rings. The number of hydrogen-bond donors (Lipinski definition) is 1. The first-order chi connectivity index (χ1) is 4.86. The molecular weight excluding hydrogens is 353 g/mol. The van der Waals surface area contributed by atoms with Crippen LogP contribution in [0.5, 0.6) is 0 Å². The second-order valence-electron chi connectivity index (χ2n) is 1.96. The molecule has 0 fully saturated rings. The minimum atomic E-state index is 0. The summed E-state index contributed by atoms with van der Waals surface area (Å²) in [4.78, 5) is 4.01. The first kappa shape index (κ1) is 9.05. The fourth-order valence-corrected chi connectivity index (χ4v) is 1.07. The third-order valence-electron chi connectivity index (χ3n) is 1.28. The molecule has 11 heavy (non-hydrogen) atoms. The molecule has 2 radical (unpaired) electrons. The fraction of sp³-hybridized carbons (Fsp3) is 0. The van der Waals surface area contributed by atoms with E-state index in [0.29, 0.717) is 5.22 Å². The summed E-state index contributed by atoms with van der Waals surface area (Å²) in [6, 6.07) is 7.57. The number of benzene rings is 1. The number of thiol groups is 1. The molecule has 0 aliphatic carbocycles. The van der Waals surface area contributed by atoms with Crippen molar-refractivity contribution < 1.29 is 4.42 Å². The quantitative estimate of drug-likeness (QED) is 0.564. The van der Waals surface area contributed by atoms with Gasteiger partial charge in [-0.15, -0.1) is 0 Å². The standard InChI is InChI=1S/C7H5NOS.Pb.2H/c10-7-8-5-3-1-2-4-6(5)9-7;;;/h1-4H,(H,8,10);;;. The van der Waals surface area contributed by atoms with E-state index in [1.165, 1.54) is 0 Å². The Morgan fingerprint density at radius 1 is 1.27 bits per heavy atom. The summed E-state index contributed by atoms with van der Waals surface area (Å²) in [6.07, 6.45) is 0. The van der Waals surface area contributed by atoms with Crippen molar-refractivity contribution in [1.29, 1.82) is 0 Å². The van der Waals surface area contributed by atoms with Crippen LogP contribution in [-0.4, -0.2) is 32.3 Å². The van der Waals surface area contributed by atoms with Gasteiger partial charge in [-0.2, -0.15) is 0 Å². The molecule has 4 heteroatoms. The zero-order valence-electron chi connectivity index (χ0n) is 5.82. The summed E-state index contributed by atoms with van der Waals surface area (Å²) >= 11 is 3.97. The van der Waals surface area contributed by atoms with Crippen molar-refractivity contribution in [1.82, 2.24) is 4.98 Å². The second-order valence-corrected chi connectivity index (χ2v) is 2.35. The van der Waals surface area contributed by atoms with Crippen molar-refractivity contribution in [3.05, 3.63) is 24.3 Å². The van der Waals surface area contributed by atoms with E-state index in [1.807, 2.05) is 24.3 Å². The van der Waals surface area contributed by atoms with E-state index in [0.717, 1.165) is 11.1 Å². The van der Waals surface area contributed by atoms with Crippen LogP contribution < -0.4 is 0 Å². The maximum absolute atomic E-state index is 5.12. The summed E-state index contributed by atoms with van der Waals surface area (Å²) < 4.78 is 5.12. The molecule has 0 N–H and O–H groups in total. The molecule has 1 aromatic carbocycles. The van der Waals surface area contributed by atoms with Gasteiger partial charge < -0.3 is 4.42 Å². The molecule has 0 saturated heterocycles. The van der Waals surface area contributed by atoms with Gasteiger partial charge in [0.15, 0.2) is 5.58 Å². The number of nitrogens with zero attached hydrogens (tertiary/aromatic N) is 1. The Labute approximate surface area is 89.6 Å². The molecule has 1 heterocycles. The average molecular weight is 360 g/mol. The minimum absolute atomic E-state index is 0. The number of fused-ring (bicyclic) bond motifs is 1. The van der Waals surface area contributed by atoms with Gasteiger partial charge in [-0.25, -0.2) is 4.98 Å². The summed E-state index contributed by atoms with van der Waals surface area (Å²) in [5, 5.41) is 0.418. The normalized spacial score (nSPS) is 9.55. The van der Waals surface area contributed by atoms with Crippen molar-refractivity contribution >= 4 is 51.0 Å². The van der Waals surface area contributed by atoms with Gasteiger partial charge >= 0.3 is 27.3 Å². The van der Waals surface area contributed by atoms with Gasteiger partial charge in [0.25, 0.3) is 5.22 Å². The van der Waals surface area contributed by atoms with Crippen molar-refractivity contribution in [3.63, 3.8) is 0 Å². The fourth-order valence-electron chi connectivity index (χ4n) is 0.860. The van der Waals surface area contributed by atoms with E-state index >= 15 is 0 Å². The van der Waals surface area contributed by atoms with Gasteiger partial charge in [0.05, 0.1) is 0 Å². The van der Waals surface area contributed by atoms with Gasteiger partial charge in [-0.3, -0.25) is 0 Å². The average Bonchev–Trinajstić information content (AvgIpc) is 2.27. The van der Waals surface area contributed by atoms with Gasteiger partial charge in [0, 0.05) is 0 Å². The molecule has 0 aliphatic heterocycles. The Bertz CT molecular complexity index is 327. The van der Waals surface area contributed by atoms with E-state index in [2.05, 4.69) is 17.6 Å². The predicted octanol–water partition coefficient (Wildman–Crippen LogP) is 1.20. The maximum atomic E-state index is 5.12. The number of hydrogen-bond acceptors (Lipinski definition) is 3. The monoisotopic (exact) mass is 361 g/mol. The van der Waals surface area contributed by atoms with Crippen molar-refractivity contribution in [2.24, 2.45) is 0 Å². The Morgan fingerprint density at radius 3 is 2.73 bits per heavy atom. The molecule has 0 atom stereocenters. The van der Waals surface area contributed by atoms with E-state index in [-0.39, 0.29) is 27.3 Å². The van der Waals surface area contributed by atoms with Crippen LogP contribution in [0.15, 0.2) is 33.9 Å². The first-order valence-corrected chi connectivity index (χ1v) is 3.35. The Morgan fingerprint density at radius 2 is 2.00 bits per heavy atom. The summed E-state index contributed by atoms with van der Waals surface area (Å²) in [5.41, 5.74) is 1.64. The van der Waals surface area contributed by atoms with Crippen LogP contribution in [0.4, 0.5) is 0 Å². The van der Waals surface area contributed by atoms with E-state index in [9.17, 15) is 0 Å². The van der Waals surface area contributed by atoms with Gasteiger partial charge in [-0.05, 0) is 12.1 Å². The van der Waals surface area contributed by atoms with Gasteiger partial charge in [0.2, 0.25) is 0 Å². The van der Waals surface area contributed by atoms with Gasteiger partial charge in [0.1, 0.15) is 5.52 Å². The molecule has 0 bridgehead atoms. The molecule has 0 aliphatic rings. The van der Waals surface area contributed by atoms with Crippen LogP contribution in [0, 0.1) is 0 Å². The predicted molar refractivity (Wildman–Crippen MR) is 49.8 cm³/mol. The van der Waals surface area contributed by atoms with Crippen molar-refractivity contribution in [2.45, 2.75) is 5.22 Å². The summed E-state index contributed by atoms with van der Waals surface area (Å²) in [5.74, 6) is 0. The molecule has 0 saturated carbocycles.